The van der Waals surface area contributed by atoms with Gasteiger partial charge in [0, 0.05) is 10.7 Å². The minimum Gasteiger partial charge on any atom is -0.447 e. The van der Waals surface area contributed by atoms with E-state index in [9.17, 15) is 4.79 Å². The van der Waals surface area contributed by atoms with Crippen molar-refractivity contribution >= 4 is 22.0 Å². The molecule has 4 heteroatoms. The van der Waals surface area contributed by atoms with Gasteiger partial charge in [-0.2, -0.15) is 0 Å². The third-order valence-electron chi connectivity index (χ3n) is 3.62. The van der Waals surface area contributed by atoms with Crippen molar-refractivity contribution < 1.29 is 9.53 Å². The molecule has 1 aromatic rings. The Kier molecular flexibility index (Phi) is 6.30. The van der Waals surface area contributed by atoms with Crippen LogP contribution in [0.5, 0.6) is 0 Å². The highest BCUT2D eigenvalue weighted by Gasteiger charge is 2.31. The summed E-state index contributed by atoms with van der Waals surface area (Å²) in [5.41, 5.74) is 1.22. The molecule has 1 saturated heterocycles. The Bertz CT molecular complexity index is 487. The second-order valence-electron chi connectivity index (χ2n) is 5.36. The lowest BCUT2D eigenvalue weighted by Crippen LogP contribution is -2.30. The Hall–Kier alpha value is -1.29. The maximum Gasteiger partial charge on any atom is 0.414 e. The number of nitrogens with zero attached hydrogens (tertiary/aromatic N) is 1. The molecule has 0 radical (unpaired) electrons. The van der Waals surface area contributed by atoms with E-state index in [1.807, 2.05) is 24.4 Å². The smallest absolute Gasteiger partial charge is 0.414 e. The van der Waals surface area contributed by atoms with Gasteiger partial charge in [-0.25, -0.2) is 4.79 Å². The van der Waals surface area contributed by atoms with Crippen LogP contribution in [0.15, 0.2) is 41.0 Å². The van der Waals surface area contributed by atoms with Crippen LogP contribution in [0.4, 0.5) is 4.79 Å². The number of carbonyl (C=O) groups excluding carboxylic acids is 1. The lowest BCUT2D eigenvalue weighted by Gasteiger charge is -2.18. The van der Waals surface area contributed by atoms with Crippen molar-refractivity contribution in [3.8, 4) is 0 Å². The van der Waals surface area contributed by atoms with Gasteiger partial charge in [0.25, 0.3) is 0 Å². The number of benzene rings is 1. The van der Waals surface area contributed by atoms with Crippen molar-refractivity contribution in [3.63, 3.8) is 0 Å². The molecule has 1 fully saturated rings. The van der Waals surface area contributed by atoms with Crippen LogP contribution in [0.25, 0.3) is 0 Å². The molecule has 0 bridgehead atoms. The summed E-state index contributed by atoms with van der Waals surface area (Å²) in [4.78, 5) is 13.6. The number of unbranched alkanes of at least 4 members (excludes halogenated alkanes) is 2. The highest BCUT2D eigenvalue weighted by molar-refractivity contribution is 9.11. The number of amides is 1. The van der Waals surface area contributed by atoms with Gasteiger partial charge < -0.3 is 4.74 Å². The molecule has 1 aliphatic heterocycles. The van der Waals surface area contributed by atoms with E-state index in [0.29, 0.717) is 6.61 Å². The van der Waals surface area contributed by atoms with E-state index in [1.165, 1.54) is 18.4 Å². The van der Waals surface area contributed by atoms with Crippen LogP contribution in [0.1, 0.15) is 38.2 Å². The van der Waals surface area contributed by atoms with Gasteiger partial charge in [0.05, 0.1) is 6.04 Å². The Morgan fingerprint density at radius 3 is 2.86 bits per heavy atom. The summed E-state index contributed by atoms with van der Waals surface area (Å²) in [7, 11) is 0. The van der Waals surface area contributed by atoms with Crippen molar-refractivity contribution in [1.29, 1.82) is 0 Å². The van der Waals surface area contributed by atoms with E-state index >= 15 is 0 Å². The SMILES string of the molecule is CCCCC/C(Br)=C\N1C(=O)OC[C@H]1Cc1ccccc1. The van der Waals surface area contributed by atoms with Crippen molar-refractivity contribution in [1.82, 2.24) is 4.90 Å². The summed E-state index contributed by atoms with van der Waals surface area (Å²) in [6.07, 6.45) is 6.99. The van der Waals surface area contributed by atoms with Gasteiger partial charge in [0.15, 0.2) is 0 Å². The van der Waals surface area contributed by atoms with Crippen LogP contribution in [0.3, 0.4) is 0 Å². The summed E-state index contributed by atoms with van der Waals surface area (Å²) >= 11 is 3.57. The molecule has 2 rings (SSSR count). The average molecular weight is 352 g/mol. The fraction of sp³-hybridized carbons (Fsp3) is 0.471. The summed E-state index contributed by atoms with van der Waals surface area (Å²) in [5.74, 6) is 0. The molecule has 0 saturated carbocycles. The number of rotatable bonds is 7. The van der Waals surface area contributed by atoms with Crippen LogP contribution in [0.2, 0.25) is 0 Å². The first kappa shape index (κ1) is 16.1. The maximum atomic E-state index is 11.9. The zero-order chi connectivity index (χ0) is 15.1. The molecule has 114 valence electrons. The number of carbonyl (C=O) groups is 1. The van der Waals surface area contributed by atoms with E-state index < -0.39 is 0 Å². The lowest BCUT2D eigenvalue weighted by molar-refractivity contribution is 0.166. The topological polar surface area (TPSA) is 29.5 Å². The molecule has 0 unspecified atom stereocenters. The zero-order valence-electron chi connectivity index (χ0n) is 12.4. The number of hydrogen-bond donors (Lipinski definition) is 0. The highest BCUT2D eigenvalue weighted by atomic mass is 79.9. The normalized spacial score (nSPS) is 19.0. The molecule has 1 heterocycles. The summed E-state index contributed by atoms with van der Waals surface area (Å²) in [6, 6.07) is 10.3. The van der Waals surface area contributed by atoms with E-state index in [0.717, 1.165) is 23.7 Å². The average Bonchev–Trinajstić information content (AvgIpc) is 2.82. The molecule has 1 aromatic carbocycles. The van der Waals surface area contributed by atoms with E-state index in [1.54, 1.807) is 4.90 Å². The predicted octanol–water partition coefficient (Wildman–Crippen LogP) is 4.87. The molecular formula is C17H22BrNO2. The molecule has 0 spiro atoms. The first-order valence-corrected chi connectivity index (χ1v) is 8.35. The Morgan fingerprint density at radius 2 is 2.14 bits per heavy atom. The highest BCUT2D eigenvalue weighted by Crippen LogP contribution is 2.22. The van der Waals surface area contributed by atoms with E-state index in [-0.39, 0.29) is 12.1 Å². The second-order valence-corrected chi connectivity index (χ2v) is 6.38. The minimum absolute atomic E-state index is 0.0821. The number of halogens is 1. The molecule has 0 N–H and O–H groups in total. The summed E-state index contributed by atoms with van der Waals surface area (Å²) in [6.45, 7) is 2.64. The van der Waals surface area contributed by atoms with Gasteiger partial charge >= 0.3 is 6.09 Å². The number of hydrogen-bond acceptors (Lipinski definition) is 2. The molecule has 1 aliphatic rings. The van der Waals surface area contributed by atoms with Crippen LogP contribution in [0, 0.1) is 0 Å². The Morgan fingerprint density at radius 1 is 1.38 bits per heavy atom. The standard InChI is InChI=1S/C17H22BrNO2/c1-2-3-5-10-15(18)12-19-16(13-21-17(19)20)11-14-8-6-4-7-9-14/h4,6-9,12,16H,2-3,5,10-11,13H2,1H3/b15-12+/t16-/m1/s1. The van der Waals surface area contributed by atoms with E-state index in [4.69, 9.17) is 4.74 Å². The monoisotopic (exact) mass is 351 g/mol. The van der Waals surface area contributed by atoms with Crippen molar-refractivity contribution in [2.75, 3.05) is 6.61 Å². The van der Waals surface area contributed by atoms with Gasteiger partial charge in [-0.1, -0.05) is 66.0 Å². The zero-order valence-corrected chi connectivity index (χ0v) is 14.0. The first-order valence-electron chi connectivity index (χ1n) is 7.56. The molecule has 1 amide bonds. The molecule has 0 aliphatic carbocycles. The Balaban J connectivity index is 1.98. The molecule has 3 nitrogen and oxygen atoms in total. The second kappa shape index (κ2) is 8.23. The number of ether oxygens (including phenoxy) is 1. The van der Waals surface area contributed by atoms with Crippen molar-refractivity contribution in [2.24, 2.45) is 0 Å². The number of cyclic esters (lactones) is 1. The van der Waals surface area contributed by atoms with Crippen LogP contribution >= 0.6 is 15.9 Å². The summed E-state index contributed by atoms with van der Waals surface area (Å²) < 4.78 is 6.26. The molecule has 1 atom stereocenters. The van der Waals surface area contributed by atoms with Crippen molar-refractivity contribution in [3.05, 3.63) is 46.6 Å². The fourth-order valence-corrected chi connectivity index (χ4v) is 2.93. The molecule has 0 aromatic heterocycles. The molecule has 21 heavy (non-hydrogen) atoms. The number of allylic oxidation sites excluding steroid dienone is 1. The van der Waals surface area contributed by atoms with Gasteiger partial charge in [-0.3, -0.25) is 4.90 Å². The third-order valence-corrected chi connectivity index (χ3v) is 4.22. The van der Waals surface area contributed by atoms with Gasteiger partial charge in [0.1, 0.15) is 6.61 Å². The van der Waals surface area contributed by atoms with Crippen LogP contribution < -0.4 is 0 Å². The van der Waals surface area contributed by atoms with E-state index in [2.05, 4.69) is 35.0 Å². The fourth-order valence-electron chi connectivity index (χ4n) is 2.43. The lowest BCUT2D eigenvalue weighted by atomic mass is 10.1. The van der Waals surface area contributed by atoms with Crippen molar-refractivity contribution in [2.45, 2.75) is 45.1 Å². The van der Waals surface area contributed by atoms with Crippen LogP contribution in [-0.2, 0) is 11.2 Å². The minimum atomic E-state index is -0.247. The first-order chi connectivity index (χ1) is 10.2. The quantitative estimate of drug-likeness (QED) is 0.656. The van der Waals surface area contributed by atoms with Gasteiger partial charge in [-0.05, 0) is 24.8 Å². The van der Waals surface area contributed by atoms with Gasteiger partial charge in [0.2, 0.25) is 0 Å². The third kappa shape index (κ3) is 4.88. The summed E-state index contributed by atoms with van der Waals surface area (Å²) in [5, 5.41) is 0. The predicted molar refractivity (Wildman–Crippen MR) is 88.3 cm³/mol. The van der Waals surface area contributed by atoms with Crippen LogP contribution in [-0.4, -0.2) is 23.6 Å². The largest absolute Gasteiger partial charge is 0.447 e. The van der Waals surface area contributed by atoms with Gasteiger partial charge in [-0.15, -0.1) is 0 Å². The Labute approximate surface area is 135 Å². The maximum absolute atomic E-state index is 11.9. The molecular weight excluding hydrogens is 330 g/mol.